The summed E-state index contributed by atoms with van der Waals surface area (Å²) in [5.74, 6) is 0.331. The molecule has 7 heteroatoms. The average Bonchev–Trinajstić information content (AvgIpc) is 2.29. The lowest BCUT2D eigenvalue weighted by Crippen LogP contribution is -2.41. The molecule has 1 aliphatic rings. The van der Waals surface area contributed by atoms with Crippen molar-refractivity contribution in [1.82, 2.24) is 9.44 Å². The Morgan fingerprint density at radius 1 is 1.24 bits per heavy atom. The van der Waals surface area contributed by atoms with Crippen molar-refractivity contribution in [3.63, 3.8) is 0 Å². The number of nitrogens with one attached hydrogen (secondary N) is 2. The van der Waals surface area contributed by atoms with E-state index in [0.29, 0.717) is 19.1 Å². The lowest BCUT2D eigenvalue weighted by Gasteiger charge is -2.25. The van der Waals surface area contributed by atoms with Gasteiger partial charge in [0.05, 0.1) is 12.7 Å². The van der Waals surface area contributed by atoms with E-state index < -0.39 is 10.2 Å². The zero-order valence-electron chi connectivity index (χ0n) is 10.2. The summed E-state index contributed by atoms with van der Waals surface area (Å²) in [6.45, 7) is 1.07. The standard InChI is InChI=1S/C10H22N2O4S/c1-16-7-6-11-17(14,15)12-8-9-2-4-10(13)5-3-9/h9-13H,2-8H2,1H3. The Balaban J connectivity index is 2.20. The highest BCUT2D eigenvalue weighted by molar-refractivity contribution is 7.87. The fourth-order valence-electron chi connectivity index (χ4n) is 1.91. The Kier molecular flexibility index (Phi) is 6.35. The van der Waals surface area contributed by atoms with Crippen molar-refractivity contribution < 1.29 is 18.3 Å². The SMILES string of the molecule is COCCNS(=O)(=O)NCC1CCC(O)CC1. The predicted octanol–water partition coefficient (Wildman–Crippen LogP) is -0.392. The number of methoxy groups -OCH3 is 1. The van der Waals surface area contributed by atoms with Gasteiger partial charge in [-0.05, 0) is 31.6 Å². The second kappa shape index (κ2) is 7.27. The highest BCUT2D eigenvalue weighted by Crippen LogP contribution is 2.23. The molecule has 0 atom stereocenters. The van der Waals surface area contributed by atoms with Gasteiger partial charge in [-0.2, -0.15) is 13.1 Å². The van der Waals surface area contributed by atoms with Crippen LogP contribution in [0.2, 0.25) is 0 Å². The van der Waals surface area contributed by atoms with Crippen molar-refractivity contribution in [3.05, 3.63) is 0 Å². The summed E-state index contributed by atoms with van der Waals surface area (Å²) < 4.78 is 32.7. The quantitative estimate of drug-likeness (QED) is 0.548. The van der Waals surface area contributed by atoms with Crippen LogP contribution in [0.1, 0.15) is 25.7 Å². The van der Waals surface area contributed by atoms with Gasteiger partial charge >= 0.3 is 0 Å². The predicted molar refractivity (Wildman–Crippen MR) is 64.8 cm³/mol. The summed E-state index contributed by atoms with van der Waals surface area (Å²) in [6.07, 6.45) is 3.08. The van der Waals surface area contributed by atoms with Crippen LogP contribution in [0.5, 0.6) is 0 Å². The molecule has 0 aromatic rings. The third-order valence-electron chi connectivity index (χ3n) is 2.98. The van der Waals surface area contributed by atoms with Crippen molar-refractivity contribution in [2.24, 2.45) is 5.92 Å². The zero-order chi connectivity index (χ0) is 12.7. The molecular weight excluding hydrogens is 244 g/mol. The maximum absolute atomic E-state index is 11.5. The Hall–Kier alpha value is -0.210. The molecule has 1 rings (SSSR count). The van der Waals surface area contributed by atoms with E-state index in [1.807, 2.05) is 0 Å². The fraction of sp³-hybridized carbons (Fsp3) is 1.00. The number of rotatable bonds is 7. The van der Waals surface area contributed by atoms with E-state index in [-0.39, 0.29) is 12.6 Å². The first-order valence-corrected chi connectivity index (χ1v) is 7.43. The van der Waals surface area contributed by atoms with E-state index in [1.54, 1.807) is 0 Å². The molecule has 0 unspecified atom stereocenters. The number of aliphatic hydroxyl groups is 1. The summed E-state index contributed by atoms with van der Waals surface area (Å²) in [4.78, 5) is 0. The first-order chi connectivity index (χ1) is 8.03. The van der Waals surface area contributed by atoms with Crippen LogP contribution in [0.25, 0.3) is 0 Å². The average molecular weight is 266 g/mol. The minimum atomic E-state index is -3.41. The first kappa shape index (κ1) is 14.8. The number of hydrogen-bond acceptors (Lipinski definition) is 4. The molecule has 0 spiro atoms. The maximum Gasteiger partial charge on any atom is 0.276 e. The molecule has 6 nitrogen and oxygen atoms in total. The molecule has 0 bridgehead atoms. The lowest BCUT2D eigenvalue weighted by atomic mass is 9.88. The number of hydrogen-bond donors (Lipinski definition) is 3. The Morgan fingerprint density at radius 2 is 1.88 bits per heavy atom. The molecule has 0 saturated heterocycles. The van der Waals surface area contributed by atoms with Crippen LogP contribution in [-0.4, -0.2) is 46.4 Å². The van der Waals surface area contributed by atoms with Crippen molar-refractivity contribution in [3.8, 4) is 0 Å². The monoisotopic (exact) mass is 266 g/mol. The van der Waals surface area contributed by atoms with Gasteiger partial charge in [0.1, 0.15) is 0 Å². The van der Waals surface area contributed by atoms with E-state index in [0.717, 1.165) is 25.7 Å². The summed E-state index contributed by atoms with van der Waals surface area (Å²) in [6, 6.07) is 0. The van der Waals surface area contributed by atoms with Crippen molar-refractivity contribution in [2.45, 2.75) is 31.8 Å². The normalized spacial score (nSPS) is 26.0. The molecule has 0 amide bonds. The van der Waals surface area contributed by atoms with Gasteiger partial charge in [-0.25, -0.2) is 4.72 Å². The van der Waals surface area contributed by atoms with Crippen LogP contribution in [0.15, 0.2) is 0 Å². The molecule has 1 saturated carbocycles. The summed E-state index contributed by atoms with van der Waals surface area (Å²) in [5, 5.41) is 9.33. The van der Waals surface area contributed by atoms with Crippen LogP contribution in [0.3, 0.4) is 0 Å². The fourth-order valence-corrected chi connectivity index (χ4v) is 2.81. The first-order valence-electron chi connectivity index (χ1n) is 5.95. The molecule has 0 aromatic heterocycles. The third-order valence-corrected chi connectivity index (χ3v) is 4.11. The van der Waals surface area contributed by atoms with Gasteiger partial charge in [0.15, 0.2) is 0 Å². The van der Waals surface area contributed by atoms with Gasteiger partial charge in [0.2, 0.25) is 0 Å². The molecule has 0 aromatic carbocycles. The van der Waals surface area contributed by atoms with E-state index in [1.165, 1.54) is 7.11 Å². The van der Waals surface area contributed by atoms with E-state index in [9.17, 15) is 13.5 Å². The Morgan fingerprint density at radius 3 is 2.47 bits per heavy atom. The van der Waals surface area contributed by atoms with Crippen LogP contribution < -0.4 is 9.44 Å². The Bertz CT molecular complexity index is 299. The second-order valence-corrected chi connectivity index (χ2v) is 6.00. The van der Waals surface area contributed by atoms with Crippen molar-refractivity contribution in [2.75, 3.05) is 26.8 Å². The number of aliphatic hydroxyl groups excluding tert-OH is 1. The summed E-state index contributed by atoms with van der Waals surface area (Å²) in [5.41, 5.74) is 0. The second-order valence-electron chi connectivity index (χ2n) is 4.41. The van der Waals surface area contributed by atoms with E-state index in [2.05, 4.69) is 9.44 Å². The molecule has 0 heterocycles. The van der Waals surface area contributed by atoms with Crippen LogP contribution in [0, 0.1) is 5.92 Å². The molecule has 17 heavy (non-hydrogen) atoms. The van der Waals surface area contributed by atoms with Gasteiger partial charge in [-0.3, -0.25) is 0 Å². The highest BCUT2D eigenvalue weighted by Gasteiger charge is 2.20. The highest BCUT2D eigenvalue weighted by atomic mass is 32.2. The van der Waals surface area contributed by atoms with Crippen LogP contribution >= 0.6 is 0 Å². The van der Waals surface area contributed by atoms with Crippen molar-refractivity contribution in [1.29, 1.82) is 0 Å². The van der Waals surface area contributed by atoms with E-state index in [4.69, 9.17) is 4.74 Å². The number of ether oxygens (including phenoxy) is 1. The molecule has 1 fully saturated rings. The van der Waals surface area contributed by atoms with Crippen molar-refractivity contribution >= 4 is 10.2 Å². The van der Waals surface area contributed by atoms with Gasteiger partial charge in [-0.1, -0.05) is 0 Å². The largest absolute Gasteiger partial charge is 0.393 e. The maximum atomic E-state index is 11.5. The van der Waals surface area contributed by atoms with Crippen LogP contribution in [-0.2, 0) is 14.9 Å². The van der Waals surface area contributed by atoms with Gasteiger partial charge in [-0.15, -0.1) is 0 Å². The van der Waals surface area contributed by atoms with Gasteiger partial charge in [0.25, 0.3) is 10.2 Å². The molecule has 102 valence electrons. The molecule has 1 aliphatic carbocycles. The van der Waals surface area contributed by atoms with Gasteiger partial charge < -0.3 is 9.84 Å². The molecule has 0 radical (unpaired) electrons. The minimum Gasteiger partial charge on any atom is -0.393 e. The minimum absolute atomic E-state index is 0.206. The Labute approximate surface area is 103 Å². The lowest BCUT2D eigenvalue weighted by molar-refractivity contribution is 0.109. The van der Waals surface area contributed by atoms with E-state index >= 15 is 0 Å². The van der Waals surface area contributed by atoms with Gasteiger partial charge in [0, 0.05) is 20.2 Å². The van der Waals surface area contributed by atoms with Crippen LogP contribution in [0.4, 0.5) is 0 Å². The smallest absolute Gasteiger partial charge is 0.276 e. The molecular formula is C10H22N2O4S. The topological polar surface area (TPSA) is 87.7 Å². The summed E-state index contributed by atoms with van der Waals surface area (Å²) in [7, 11) is -1.89. The summed E-state index contributed by atoms with van der Waals surface area (Å²) >= 11 is 0. The molecule has 3 N–H and O–H groups in total. The zero-order valence-corrected chi connectivity index (χ0v) is 11.0. The third kappa shape index (κ3) is 6.32. The molecule has 0 aliphatic heterocycles.